The maximum absolute atomic E-state index is 5.92. The maximum Gasteiger partial charge on any atom is 0.0651 e. The average Bonchev–Trinajstić information content (AvgIpc) is 2.49. The average molecular weight is 278 g/mol. The number of allylic oxidation sites excluding steroid dienone is 1. The van der Waals surface area contributed by atoms with Crippen LogP contribution in [0.2, 0.25) is 0 Å². The number of hydrogen-bond acceptors (Lipinski definition) is 1. The van der Waals surface area contributed by atoms with E-state index in [1.54, 1.807) is 0 Å². The lowest BCUT2D eigenvalue weighted by Gasteiger charge is -2.37. The Morgan fingerprint density at radius 2 is 1.50 bits per heavy atom. The standard InChI is InChI=1S/C19H34O/c1-3-5-15-20-19-13-11-18(12-14-19)17-9-7-16(6-4-2)8-10-17/h3,5,16-19H,4,6-15H2,1-2H3/t16-,17-,18-,19-. The van der Waals surface area contributed by atoms with Crippen LogP contribution in [-0.4, -0.2) is 12.7 Å². The molecule has 116 valence electrons. The largest absolute Gasteiger partial charge is 0.374 e. The Bertz CT molecular complexity index is 267. The molecule has 2 fully saturated rings. The van der Waals surface area contributed by atoms with Crippen molar-refractivity contribution in [1.29, 1.82) is 0 Å². The van der Waals surface area contributed by atoms with Gasteiger partial charge in [0.2, 0.25) is 0 Å². The molecular formula is C19H34O. The summed E-state index contributed by atoms with van der Waals surface area (Å²) in [6, 6.07) is 0. The van der Waals surface area contributed by atoms with Gasteiger partial charge in [0.1, 0.15) is 0 Å². The predicted molar refractivity (Wildman–Crippen MR) is 86.9 cm³/mol. The molecule has 0 unspecified atom stereocenters. The molecule has 2 saturated carbocycles. The van der Waals surface area contributed by atoms with E-state index >= 15 is 0 Å². The first kappa shape index (κ1) is 16.1. The van der Waals surface area contributed by atoms with Crippen LogP contribution >= 0.6 is 0 Å². The molecule has 2 aliphatic carbocycles. The Morgan fingerprint density at radius 1 is 0.900 bits per heavy atom. The van der Waals surface area contributed by atoms with Gasteiger partial charge in [-0.3, -0.25) is 0 Å². The van der Waals surface area contributed by atoms with Crippen LogP contribution in [0.3, 0.4) is 0 Å². The van der Waals surface area contributed by atoms with Gasteiger partial charge in [-0.15, -0.1) is 0 Å². The van der Waals surface area contributed by atoms with Gasteiger partial charge < -0.3 is 4.74 Å². The molecule has 0 heterocycles. The van der Waals surface area contributed by atoms with Crippen molar-refractivity contribution in [3.63, 3.8) is 0 Å². The first-order valence-electron chi connectivity index (χ1n) is 9.06. The van der Waals surface area contributed by atoms with E-state index in [1.165, 1.54) is 64.2 Å². The molecule has 1 nitrogen and oxygen atoms in total. The summed E-state index contributed by atoms with van der Waals surface area (Å²) in [7, 11) is 0. The van der Waals surface area contributed by atoms with Gasteiger partial charge in [0, 0.05) is 0 Å². The normalized spacial score (nSPS) is 35.5. The topological polar surface area (TPSA) is 9.23 Å². The molecule has 2 aliphatic rings. The van der Waals surface area contributed by atoms with Crippen molar-refractivity contribution in [1.82, 2.24) is 0 Å². The molecule has 0 aromatic rings. The summed E-state index contributed by atoms with van der Waals surface area (Å²) < 4.78 is 5.92. The highest BCUT2D eigenvalue weighted by atomic mass is 16.5. The van der Waals surface area contributed by atoms with Gasteiger partial charge in [-0.05, 0) is 63.2 Å². The van der Waals surface area contributed by atoms with Crippen molar-refractivity contribution in [2.75, 3.05) is 6.61 Å². The Labute approximate surface area is 126 Å². The van der Waals surface area contributed by atoms with Crippen molar-refractivity contribution in [2.45, 2.75) is 84.2 Å². The zero-order chi connectivity index (χ0) is 14.2. The molecule has 0 aliphatic heterocycles. The fraction of sp³-hybridized carbons (Fsp3) is 0.895. The molecule has 0 radical (unpaired) electrons. The van der Waals surface area contributed by atoms with E-state index in [0.29, 0.717) is 6.10 Å². The molecule has 1 heteroatoms. The van der Waals surface area contributed by atoms with Gasteiger partial charge in [0.15, 0.2) is 0 Å². The molecule has 0 spiro atoms. The second-order valence-corrected chi connectivity index (χ2v) is 7.01. The summed E-state index contributed by atoms with van der Waals surface area (Å²) in [5.41, 5.74) is 0. The highest BCUT2D eigenvalue weighted by Gasteiger charge is 2.30. The van der Waals surface area contributed by atoms with Crippen LogP contribution in [-0.2, 0) is 4.74 Å². The Hall–Kier alpha value is -0.300. The summed E-state index contributed by atoms with van der Waals surface area (Å²) in [5, 5.41) is 0. The third-order valence-corrected chi connectivity index (χ3v) is 5.64. The lowest BCUT2D eigenvalue weighted by Crippen LogP contribution is -2.28. The zero-order valence-electron chi connectivity index (χ0n) is 13.7. The van der Waals surface area contributed by atoms with Crippen LogP contribution in [0.4, 0.5) is 0 Å². The highest BCUT2D eigenvalue weighted by Crippen LogP contribution is 2.41. The number of hydrogen-bond donors (Lipinski definition) is 0. The van der Waals surface area contributed by atoms with Gasteiger partial charge in [-0.1, -0.05) is 44.8 Å². The van der Waals surface area contributed by atoms with Crippen molar-refractivity contribution in [3.05, 3.63) is 12.2 Å². The van der Waals surface area contributed by atoms with E-state index in [1.807, 2.05) is 0 Å². The first-order valence-corrected chi connectivity index (χ1v) is 9.06. The van der Waals surface area contributed by atoms with Gasteiger partial charge in [-0.25, -0.2) is 0 Å². The van der Waals surface area contributed by atoms with E-state index in [-0.39, 0.29) is 0 Å². The Morgan fingerprint density at radius 3 is 2.05 bits per heavy atom. The predicted octanol–water partition coefficient (Wildman–Crippen LogP) is 5.74. The fourth-order valence-electron chi connectivity index (χ4n) is 4.37. The molecule has 0 bridgehead atoms. The molecule has 0 saturated heterocycles. The number of rotatable bonds is 6. The third kappa shape index (κ3) is 4.91. The van der Waals surface area contributed by atoms with E-state index in [2.05, 4.69) is 26.0 Å². The second kappa shape index (κ2) is 8.87. The maximum atomic E-state index is 5.92. The lowest BCUT2D eigenvalue weighted by molar-refractivity contribution is 0.0210. The first-order chi connectivity index (χ1) is 9.83. The van der Waals surface area contributed by atoms with E-state index in [0.717, 1.165) is 24.4 Å². The van der Waals surface area contributed by atoms with Crippen LogP contribution in [0.25, 0.3) is 0 Å². The van der Waals surface area contributed by atoms with E-state index < -0.39 is 0 Å². The molecule has 2 rings (SSSR count). The van der Waals surface area contributed by atoms with Crippen LogP contribution < -0.4 is 0 Å². The van der Waals surface area contributed by atoms with Gasteiger partial charge in [-0.2, -0.15) is 0 Å². The minimum Gasteiger partial charge on any atom is -0.374 e. The number of ether oxygens (including phenoxy) is 1. The Kier molecular flexibility index (Phi) is 7.13. The van der Waals surface area contributed by atoms with Gasteiger partial charge in [0.05, 0.1) is 12.7 Å². The van der Waals surface area contributed by atoms with E-state index in [4.69, 9.17) is 4.74 Å². The molecule has 0 amide bonds. The zero-order valence-corrected chi connectivity index (χ0v) is 13.7. The van der Waals surface area contributed by atoms with Crippen molar-refractivity contribution in [2.24, 2.45) is 17.8 Å². The summed E-state index contributed by atoms with van der Waals surface area (Å²) in [4.78, 5) is 0. The smallest absolute Gasteiger partial charge is 0.0651 e. The third-order valence-electron chi connectivity index (χ3n) is 5.64. The van der Waals surface area contributed by atoms with E-state index in [9.17, 15) is 0 Å². The van der Waals surface area contributed by atoms with Crippen LogP contribution in [0, 0.1) is 17.8 Å². The quantitative estimate of drug-likeness (QED) is 0.562. The van der Waals surface area contributed by atoms with Crippen molar-refractivity contribution >= 4 is 0 Å². The fourth-order valence-corrected chi connectivity index (χ4v) is 4.37. The molecule has 0 aromatic carbocycles. The molecule has 0 aromatic heterocycles. The molecule has 0 N–H and O–H groups in total. The molecule has 20 heavy (non-hydrogen) atoms. The molecule has 0 atom stereocenters. The SMILES string of the molecule is CC=CCO[C@H]1CC[C@H]([C@H]2CC[C@H](CCC)CC2)CC1. The monoisotopic (exact) mass is 278 g/mol. The lowest BCUT2D eigenvalue weighted by atomic mass is 9.70. The summed E-state index contributed by atoms with van der Waals surface area (Å²) in [6.07, 6.45) is 19.1. The minimum atomic E-state index is 0.541. The summed E-state index contributed by atoms with van der Waals surface area (Å²) in [5.74, 6) is 3.11. The van der Waals surface area contributed by atoms with Crippen molar-refractivity contribution in [3.8, 4) is 0 Å². The van der Waals surface area contributed by atoms with Crippen LogP contribution in [0.15, 0.2) is 12.2 Å². The summed E-state index contributed by atoms with van der Waals surface area (Å²) >= 11 is 0. The Balaban J connectivity index is 1.64. The molecular weight excluding hydrogens is 244 g/mol. The van der Waals surface area contributed by atoms with Gasteiger partial charge in [0.25, 0.3) is 0 Å². The highest BCUT2D eigenvalue weighted by molar-refractivity contribution is 4.83. The summed E-state index contributed by atoms with van der Waals surface area (Å²) in [6.45, 7) is 5.21. The second-order valence-electron chi connectivity index (χ2n) is 7.01. The van der Waals surface area contributed by atoms with Crippen LogP contribution in [0.5, 0.6) is 0 Å². The van der Waals surface area contributed by atoms with Crippen LogP contribution in [0.1, 0.15) is 78.1 Å². The van der Waals surface area contributed by atoms with Gasteiger partial charge >= 0.3 is 0 Å². The van der Waals surface area contributed by atoms with Crippen molar-refractivity contribution < 1.29 is 4.74 Å². The minimum absolute atomic E-state index is 0.541.